The zero-order chi connectivity index (χ0) is 8.81. The maximum Gasteiger partial charge on any atom is 0.0513 e. The van der Waals surface area contributed by atoms with Crippen LogP contribution in [0.25, 0.3) is 10.4 Å². The van der Waals surface area contributed by atoms with Crippen molar-refractivity contribution in [1.29, 1.82) is 0 Å². The second-order valence-corrected chi connectivity index (χ2v) is 2.85. The number of rotatable bonds is 3. The SMILES string of the molecule is [N-]=[N+]=NCc1ccccc1CBr. The predicted molar refractivity (Wildman–Crippen MR) is 51.9 cm³/mol. The van der Waals surface area contributed by atoms with Crippen LogP contribution in [0.2, 0.25) is 0 Å². The molecule has 0 saturated heterocycles. The van der Waals surface area contributed by atoms with Crippen LogP contribution in [0.3, 0.4) is 0 Å². The van der Waals surface area contributed by atoms with Gasteiger partial charge in [-0.15, -0.1) is 0 Å². The van der Waals surface area contributed by atoms with Gasteiger partial charge >= 0.3 is 0 Å². The van der Waals surface area contributed by atoms with Gasteiger partial charge < -0.3 is 0 Å². The Morgan fingerprint density at radius 3 is 2.58 bits per heavy atom. The molecule has 0 aromatic heterocycles. The summed E-state index contributed by atoms with van der Waals surface area (Å²) in [6.45, 7) is 0.429. The van der Waals surface area contributed by atoms with Crippen LogP contribution in [0.4, 0.5) is 0 Å². The Morgan fingerprint density at radius 1 is 1.33 bits per heavy atom. The van der Waals surface area contributed by atoms with E-state index < -0.39 is 0 Å². The molecule has 0 heterocycles. The van der Waals surface area contributed by atoms with E-state index in [9.17, 15) is 0 Å². The van der Waals surface area contributed by atoms with Gasteiger partial charge in [0.05, 0.1) is 6.54 Å². The van der Waals surface area contributed by atoms with Crippen LogP contribution in [0.1, 0.15) is 11.1 Å². The molecule has 1 aromatic rings. The van der Waals surface area contributed by atoms with Crippen LogP contribution in [-0.2, 0) is 11.9 Å². The minimum Gasteiger partial charge on any atom is -0.0893 e. The summed E-state index contributed by atoms with van der Waals surface area (Å²) in [5.74, 6) is 0. The number of halogens is 1. The topological polar surface area (TPSA) is 48.8 Å². The van der Waals surface area contributed by atoms with Crippen molar-refractivity contribution in [3.63, 3.8) is 0 Å². The molecule has 12 heavy (non-hydrogen) atoms. The van der Waals surface area contributed by atoms with E-state index in [0.29, 0.717) is 6.54 Å². The zero-order valence-corrected chi connectivity index (χ0v) is 8.03. The Balaban J connectivity index is 2.88. The van der Waals surface area contributed by atoms with Crippen molar-refractivity contribution >= 4 is 15.9 Å². The van der Waals surface area contributed by atoms with Crippen LogP contribution < -0.4 is 0 Å². The number of alkyl halides is 1. The van der Waals surface area contributed by atoms with Gasteiger partial charge in [-0.1, -0.05) is 45.3 Å². The summed E-state index contributed by atoms with van der Waals surface area (Å²) in [5.41, 5.74) is 10.4. The fourth-order valence-corrected chi connectivity index (χ4v) is 1.50. The second kappa shape index (κ2) is 4.80. The molecule has 3 nitrogen and oxygen atoms in total. The van der Waals surface area contributed by atoms with Crippen molar-refractivity contribution < 1.29 is 0 Å². The minimum atomic E-state index is 0.429. The molecule has 62 valence electrons. The lowest BCUT2D eigenvalue weighted by Crippen LogP contribution is -1.87. The van der Waals surface area contributed by atoms with E-state index in [-0.39, 0.29) is 0 Å². The molecule has 1 aromatic carbocycles. The molecule has 0 atom stereocenters. The highest BCUT2D eigenvalue weighted by atomic mass is 79.9. The van der Waals surface area contributed by atoms with Gasteiger partial charge in [0.25, 0.3) is 0 Å². The molecule has 0 bridgehead atoms. The Morgan fingerprint density at radius 2 is 2.00 bits per heavy atom. The maximum atomic E-state index is 8.14. The van der Waals surface area contributed by atoms with Gasteiger partial charge in [0, 0.05) is 10.2 Å². The van der Waals surface area contributed by atoms with Crippen molar-refractivity contribution in [2.75, 3.05) is 0 Å². The summed E-state index contributed by atoms with van der Waals surface area (Å²) in [4.78, 5) is 2.72. The molecule has 4 heteroatoms. The lowest BCUT2D eigenvalue weighted by atomic mass is 10.1. The first-order valence-electron chi connectivity index (χ1n) is 3.52. The first kappa shape index (κ1) is 9.10. The molecule has 0 amide bonds. The number of hydrogen-bond donors (Lipinski definition) is 0. The van der Waals surface area contributed by atoms with E-state index in [0.717, 1.165) is 10.9 Å². The fourth-order valence-electron chi connectivity index (χ4n) is 0.950. The van der Waals surface area contributed by atoms with Gasteiger partial charge in [0.2, 0.25) is 0 Å². The van der Waals surface area contributed by atoms with Gasteiger partial charge in [0.15, 0.2) is 0 Å². The Labute approximate surface area is 79.2 Å². The largest absolute Gasteiger partial charge is 0.0893 e. The minimum absolute atomic E-state index is 0.429. The molecular weight excluding hydrogens is 218 g/mol. The van der Waals surface area contributed by atoms with E-state index in [1.54, 1.807) is 0 Å². The van der Waals surface area contributed by atoms with Crippen LogP contribution in [0, 0.1) is 0 Å². The summed E-state index contributed by atoms with van der Waals surface area (Å²) in [6.07, 6.45) is 0. The first-order valence-corrected chi connectivity index (χ1v) is 4.64. The van der Waals surface area contributed by atoms with Crippen molar-refractivity contribution in [3.05, 3.63) is 45.8 Å². The van der Waals surface area contributed by atoms with Gasteiger partial charge in [-0.2, -0.15) is 0 Å². The highest BCUT2D eigenvalue weighted by molar-refractivity contribution is 9.08. The summed E-state index contributed by atoms with van der Waals surface area (Å²) >= 11 is 3.37. The highest BCUT2D eigenvalue weighted by Gasteiger charge is 1.96. The third-order valence-electron chi connectivity index (χ3n) is 1.57. The van der Waals surface area contributed by atoms with Crippen LogP contribution in [0.15, 0.2) is 29.4 Å². The average molecular weight is 226 g/mol. The van der Waals surface area contributed by atoms with Gasteiger partial charge in [-0.05, 0) is 16.7 Å². The molecule has 0 aliphatic rings. The Kier molecular flexibility index (Phi) is 3.64. The van der Waals surface area contributed by atoms with Crippen LogP contribution in [-0.4, -0.2) is 0 Å². The normalized spacial score (nSPS) is 9.08. The Hall–Kier alpha value is -0.990. The number of azide groups is 1. The lowest BCUT2D eigenvalue weighted by Gasteiger charge is -2.01. The van der Waals surface area contributed by atoms with E-state index in [4.69, 9.17) is 5.53 Å². The molecular formula is C8H8BrN3. The summed E-state index contributed by atoms with van der Waals surface area (Å²) in [6, 6.07) is 7.88. The van der Waals surface area contributed by atoms with E-state index in [2.05, 4.69) is 26.0 Å². The standard InChI is InChI=1S/C8H8BrN3/c9-5-7-3-1-2-4-8(7)6-11-12-10/h1-4H,5-6H2. The van der Waals surface area contributed by atoms with Crippen LogP contribution >= 0.6 is 15.9 Å². The van der Waals surface area contributed by atoms with Crippen molar-refractivity contribution in [1.82, 2.24) is 0 Å². The number of benzene rings is 1. The summed E-state index contributed by atoms with van der Waals surface area (Å²) in [5, 5.41) is 4.31. The molecule has 1 rings (SSSR count). The fraction of sp³-hybridized carbons (Fsp3) is 0.250. The third kappa shape index (κ3) is 2.26. The molecule has 0 unspecified atom stereocenters. The molecule has 0 saturated carbocycles. The zero-order valence-electron chi connectivity index (χ0n) is 6.44. The van der Waals surface area contributed by atoms with E-state index in [1.807, 2.05) is 24.3 Å². The first-order chi connectivity index (χ1) is 5.88. The molecule has 0 N–H and O–H groups in total. The molecule has 0 aliphatic heterocycles. The van der Waals surface area contributed by atoms with Crippen molar-refractivity contribution in [2.45, 2.75) is 11.9 Å². The smallest absolute Gasteiger partial charge is 0.0513 e. The molecule has 0 fully saturated rings. The van der Waals surface area contributed by atoms with E-state index >= 15 is 0 Å². The second-order valence-electron chi connectivity index (χ2n) is 2.29. The monoisotopic (exact) mass is 225 g/mol. The van der Waals surface area contributed by atoms with E-state index in [1.165, 1.54) is 5.56 Å². The molecule has 0 radical (unpaired) electrons. The van der Waals surface area contributed by atoms with Gasteiger partial charge in [-0.25, -0.2) is 0 Å². The lowest BCUT2D eigenvalue weighted by molar-refractivity contribution is 1.03. The molecule has 0 aliphatic carbocycles. The highest BCUT2D eigenvalue weighted by Crippen LogP contribution is 2.13. The average Bonchev–Trinajstić information content (AvgIpc) is 2.15. The van der Waals surface area contributed by atoms with Gasteiger partial charge in [0.1, 0.15) is 0 Å². The van der Waals surface area contributed by atoms with Crippen LogP contribution in [0.5, 0.6) is 0 Å². The predicted octanol–water partition coefficient (Wildman–Crippen LogP) is 3.39. The summed E-state index contributed by atoms with van der Waals surface area (Å²) < 4.78 is 0. The summed E-state index contributed by atoms with van der Waals surface area (Å²) in [7, 11) is 0. The van der Waals surface area contributed by atoms with Crippen molar-refractivity contribution in [3.8, 4) is 0 Å². The number of nitrogens with zero attached hydrogens (tertiary/aromatic N) is 3. The quantitative estimate of drug-likeness (QED) is 0.328. The van der Waals surface area contributed by atoms with Crippen molar-refractivity contribution in [2.24, 2.45) is 5.11 Å². The Bertz CT molecular complexity index is 305. The molecule has 0 spiro atoms. The maximum absolute atomic E-state index is 8.14. The third-order valence-corrected chi connectivity index (χ3v) is 2.17. The van der Waals surface area contributed by atoms with Gasteiger partial charge in [-0.3, -0.25) is 0 Å². The number of hydrogen-bond acceptors (Lipinski definition) is 1.